The van der Waals surface area contributed by atoms with Gasteiger partial charge in [-0.1, -0.05) is 6.07 Å². The van der Waals surface area contributed by atoms with Gasteiger partial charge in [0.2, 0.25) is 0 Å². The fraction of sp³-hybridized carbons (Fsp3) is 0.533. The third kappa shape index (κ3) is 3.76. The topological polar surface area (TPSA) is 36.3 Å². The highest BCUT2D eigenvalue weighted by Crippen LogP contribution is 2.18. The minimum atomic E-state index is -0.286. The van der Waals surface area contributed by atoms with E-state index in [1.165, 1.54) is 6.07 Å². The second-order valence-corrected chi connectivity index (χ2v) is 4.85. The molecule has 2 rings (SSSR count). The molecule has 102 valence electrons. The van der Waals surface area contributed by atoms with E-state index in [0.717, 1.165) is 32.5 Å². The summed E-state index contributed by atoms with van der Waals surface area (Å²) in [5.41, 5.74) is 1.03. The van der Waals surface area contributed by atoms with Crippen LogP contribution in [-0.2, 0) is 11.3 Å². The first-order chi connectivity index (χ1) is 9.22. The zero-order valence-corrected chi connectivity index (χ0v) is 11.2. The summed E-state index contributed by atoms with van der Waals surface area (Å²) in [5.74, 6) is -0.286. The van der Waals surface area contributed by atoms with E-state index >= 15 is 0 Å². The van der Waals surface area contributed by atoms with E-state index in [0.29, 0.717) is 23.8 Å². The Bertz CT molecular complexity index is 462. The van der Waals surface area contributed by atoms with E-state index in [1.54, 1.807) is 12.1 Å². The number of piperidine rings is 1. The largest absolute Gasteiger partial charge is 0.378 e. The maximum atomic E-state index is 13.8. The SMILES string of the molecule is CCOC1CCN(Cc2ccc(C#N)cc2F)CC1. The van der Waals surface area contributed by atoms with Gasteiger partial charge < -0.3 is 4.74 Å². The molecule has 0 radical (unpaired) electrons. The van der Waals surface area contributed by atoms with Crippen molar-refractivity contribution in [2.24, 2.45) is 0 Å². The number of nitrogens with zero attached hydrogens (tertiary/aromatic N) is 2. The van der Waals surface area contributed by atoms with Gasteiger partial charge in [0, 0.05) is 31.8 Å². The first-order valence-corrected chi connectivity index (χ1v) is 6.75. The number of hydrogen-bond acceptors (Lipinski definition) is 3. The van der Waals surface area contributed by atoms with Crippen LogP contribution in [0.2, 0.25) is 0 Å². The fourth-order valence-electron chi connectivity index (χ4n) is 2.46. The van der Waals surface area contributed by atoms with Crippen molar-refractivity contribution in [3.63, 3.8) is 0 Å². The molecule has 1 heterocycles. The normalized spacial score (nSPS) is 17.3. The first-order valence-electron chi connectivity index (χ1n) is 6.75. The highest BCUT2D eigenvalue weighted by atomic mass is 19.1. The van der Waals surface area contributed by atoms with E-state index < -0.39 is 0 Å². The quantitative estimate of drug-likeness (QED) is 0.837. The summed E-state index contributed by atoms with van der Waals surface area (Å²) < 4.78 is 19.4. The summed E-state index contributed by atoms with van der Waals surface area (Å²) in [6, 6.07) is 6.64. The van der Waals surface area contributed by atoms with Crippen molar-refractivity contribution < 1.29 is 9.13 Å². The van der Waals surface area contributed by atoms with Crippen molar-refractivity contribution >= 4 is 0 Å². The van der Waals surface area contributed by atoms with Crippen molar-refractivity contribution in [3.8, 4) is 6.07 Å². The molecule has 1 fully saturated rings. The van der Waals surface area contributed by atoms with Crippen molar-refractivity contribution in [2.75, 3.05) is 19.7 Å². The van der Waals surface area contributed by atoms with Crippen LogP contribution in [0.3, 0.4) is 0 Å². The van der Waals surface area contributed by atoms with Gasteiger partial charge in [-0.05, 0) is 31.9 Å². The minimum Gasteiger partial charge on any atom is -0.378 e. The second kappa shape index (κ2) is 6.65. The molecule has 1 saturated heterocycles. The molecule has 1 aliphatic heterocycles. The summed E-state index contributed by atoms with van der Waals surface area (Å²) in [7, 11) is 0. The summed E-state index contributed by atoms with van der Waals surface area (Å²) in [5, 5.41) is 8.71. The van der Waals surface area contributed by atoms with Gasteiger partial charge in [0.1, 0.15) is 5.82 Å². The number of nitriles is 1. The second-order valence-electron chi connectivity index (χ2n) is 4.85. The molecule has 0 saturated carbocycles. The lowest BCUT2D eigenvalue weighted by atomic mass is 10.1. The molecular weight excluding hydrogens is 243 g/mol. The monoisotopic (exact) mass is 262 g/mol. The molecule has 3 nitrogen and oxygen atoms in total. The molecule has 4 heteroatoms. The lowest BCUT2D eigenvalue weighted by Gasteiger charge is -2.31. The summed E-state index contributed by atoms with van der Waals surface area (Å²) in [6.07, 6.45) is 2.37. The van der Waals surface area contributed by atoms with Crippen LogP contribution in [0.1, 0.15) is 30.9 Å². The Morgan fingerprint density at radius 1 is 1.42 bits per heavy atom. The van der Waals surface area contributed by atoms with Crippen LogP contribution >= 0.6 is 0 Å². The lowest BCUT2D eigenvalue weighted by molar-refractivity contribution is 0.0123. The zero-order valence-electron chi connectivity index (χ0n) is 11.2. The lowest BCUT2D eigenvalue weighted by Crippen LogP contribution is -2.36. The average molecular weight is 262 g/mol. The Kier molecular flexibility index (Phi) is 4.89. The number of hydrogen-bond donors (Lipinski definition) is 0. The highest BCUT2D eigenvalue weighted by Gasteiger charge is 2.20. The zero-order chi connectivity index (χ0) is 13.7. The van der Waals surface area contributed by atoms with Crippen LogP contribution < -0.4 is 0 Å². The number of benzene rings is 1. The summed E-state index contributed by atoms with van der Waals surface area (Å²) in [4.78, 5) is 2.24. The Morgan fingerprint density at radius 3 is 2.74 bits per heavy atom. The maximum absolute atomic E-state index is 13.8. The van der Waals surface area contributed by atoms with E-state index in [1.807, 2.05) is 13.0 Å². The van der Waals surface area contributed by atoms with Crippen LogP contribution in [-0.4, -0.2) is 30.7 Å². The van der Waals surface area contributed by atoms with Crippen LogP contribution in [0.4, 0.5) is 4.39 Å². The Hall–Kier alpha value is -1.44. The van der Waals surface area contributed by atoms with Crippen LogP contribution in [0, 0.1) is 17.1 Å². The van der Waals surface area contributed by atoms with Gasteiger partial charge in [-0.2, -0.15) is 5.26 Å². The molecule has 0 atom stereocenters. The van der Waals surface area contributed by atoms with Crippen molar-refractivity contribution in [1.29, 1.82) is 5.26 Å². The molecule has 0 bridgehead atoms. The van der Waals surface area contributed by atoms with Gasteiger partial charge >= 0.3 is 0 Å². The first kappa shape index (κ1) is 14.0. The molecule has 0 aliphatic carbocycles. The Balaban J connectivity index is 1.91. The molecule has 1 aromatic rings. The predicted octanol–water partition coefficient (Wildman–Crippen LogP) is 2.70. The minimum absolute atomic E-state index is 0.286. The van der Waals surface area contributed by atoms with Crippen LogP contribution in [0.25, 0.3) is 0 Å². The van der Waals surface area contributed by atoms with Crippen molar-refractivity contribution in [3.05, 3.63) is 35.1 Å². The molecule has 1 aromatic carbocycles. The van der Waals surface area contributed by atoms with Crippen LogP contribution in [0.5, 0.6) is 0 Å². The van der Waals surface area contributed by atoms with Gasteiger partial charge in [-0.3, -0.25) is 4.90 Å². The Labute approximate surface area is 113 Å². The highest BCUT2D eigenvalue weighted by molar-refractivity contribution is 5.32. The maximum Gasteiger partial charge on any atom is 0.129 e. The van der Waals surface area contributed by atoms with E-state index in [4.69, 9.17) is 10.00 Å². The van der Waals surface area contributed by atoms with E-state index in [2.05, 4.69) is 4.90 Å². The third-order valence-electron chi connectivity index (χ3n) is 3.51. The Morgan fingerprint density at radius 2 is 2.16 bits per heavy atom. The molecule has 0 aromatic heterocycles. The van der Waals surface area contributed by atoms with Gasteiger partial charge in [0.05, 0.1) is 17.7 Å². The fourth-order valence-corrected chi connectivity index (χ4v) is 2.46. The molecule has 0 N–H and O–H groups in total. The van der Waals surface area contributed by atoms with Crippen molar-refractivity contribution in [2.45, 2.75) is 32.4 Å². The molecule has 0 spiro atoms. The smallest absolute Gasteiger partial charge is 0.129 e. The average Bonchev–Trinajstić information content (AvgIpc) is 2.43. The number of rotatable bonds is 4. The number of ether oxygens (including phenoxy) is 1. The van der Waals surface area contributed by atoms with Gasteiger partial charge in [-0.25, -0.2) is 4.39 Å². The van der Waals surface area contributed by atoms with Gasteiger partial charge in [-0.15, -0.1) is 0 Å². The van der Waals surface area contributed by atoms with Crippen molar-refractivity contribution in [1.82, 2.24) is 4.90 Å². The van der Waals surface area contributed by atoms with E-state index in [-0.39, 0.29) is 5.82 Å². The number of likely N-dealkylation sites (tertiary alicyclic amines) is 1. The standard InChI is InChI=1S/C15H19FN2O/c1-2-19-14-5-7-18(8-6-14)11-13-4-3-12(10-17)9-15(13)16/h3-4,9,14H,2,5-8,11H2,1H3. The molecular formula is C15H19FN2O. The molecule has 0 unspecified atom stereocenters. The third-order valence-corrected chi connectivity index (χ3v) is 3.51. The summed E-state index contributed by atoms with van der Waals surface area (Å²) in [6.45, 7) is 5.25. The summed E-state index contributed by atoms with van der Waals surface area (Å²) >= 11 is 0. The molecule has 19 heavy (non-hydrogen) atoms. The van der Waals surface area contributed by atoms with Gasteiger partial charge in [0.25, 0.3) is 0 Å². The number of halogens is 1. The molecule has 0 amide bonds. The van der Waals surface area contributed by atoms with Crippen LogP contribution in [0.15, 0.2) is 18.2 Å². The predicted molar refractivity (Wildman–Crippen MR) is 71.0 cm³/mol. The van der Waals surface area contributed by atoms with E-state index in [9.17, 15) is 4.39 Å². The molecule has 1 aliphatic rings. The van der Waals surface area contributed by atoms with Gasteiger partial charge in [0.15, 0.2) is 0 Å².